The molecule has 2 atom stereocenters. The molecule has 0 aliphatic carbocycles. The lowest BCUT2D eigenvalue weighted by Gasteiger charge is -2.44. The Balaban J connectivity index is 0.00000468. The number of para-hydroxylation sites is 2. The first-order valence-corrected chi connectivity index (χ1v) is 17.1. The molecule has 3 aliphatic heterocycles. The number of anilines is 1. The van der Waals surface area contributed by atoms with Gasteiger partial charge in [0.1, 0.15) is 32.9 Å². The zero-order chi connectivity index (χ0) is 33.8. The number of piperidine rings is 3. The van der Waals surface area contributed by atoms with Crippen LogP contribution in [0.4, 0.5) is 10.5 Å². The van der Waals surface area contributed by atoms with Gasteiger partial charge in [-0.1, -0.05) is 41.4 Å². The number of rotatable bonds is 11. The Bertz CT molecular complexity index is 1760. The van der Waals surface area contributed by atoms with Gasteiger partial charge in [-0.2, -0.15) is 0 Å². The quantitative estimate of drug-likeness (QED) is 0.165. The number of aromatic nitrogens is 1. The lowest BCUT2D eigenvalue weighted by Crippen LogP contribution is -2.53. The molecular formula is C35H37Cl2N3O8S. The van der Waals surface area contributed by atoms with Gasteiger partial charge in [0.25, 0.3) is 0 Å². The molecule has 0 radical (unpaired) electrons. The Labute approximate surface area is 298 Å². The van der Waals surface area contributed by atoms with Crippen molar-refractivity contribution in [2.75, 3.05) is 38.8 Å². The summed E-state index contributed by atoms with van der Waals surface area (Å²) in [6.45, 7) is 2.83. The van der Waals surface area contributed by atoms with Gasteiger partial charge in [0.2, 0.25) is 0 Å². The summed E-state index contributed by atoms with van der Waals surface area (Å²) in [6.07, 6.45) is 3.87. The second-order valence-electron chi connectivity index (χ2n) is 11.7. The van der Waals surface area contributed by atoms with E-state index in [2.05, 4.69) is 9.88 Å². The highest BCUT2D eigenvalue weighted by Gasteiger charge is 2.38. The number of fused-ring (bicyclic) bond motifs is 3. The number of nitrogens with zero attached hydrogens (tertiary/aromatic N) is 2. The number of nitrogens with one attached hydrogen (secondary N) is 1. The third kappa shape index (κ3) is 8.22. The number of halogens is 2. The fourth-order valence-corrected chi connectivity index (χ4v) is 7.64. The molecule has 0 spiro atoms. The first-order chi connectivity index (χ1) is 23.2. The zero-order valence-corrected chi connectivity index (χ0v) is 29.3. The highest BCUT2D eigenvalue weighted by molar-refractivity contribution is 7.14. The number of hydrogen-bond donors (Lipinski definition) is 1. The van der Waals surface area contributed by atoms with Crippen LogP contribution in [0.3, 0.4) is 0 Å². The van der Waals surface area contributed by atoms with Crippen molar-refractivity contribution in [1.82, 2.24) is 4.90 Å². The van der Waals surface area contributed by atoms with Crippen molar-refractivity contribution < 1.29 is 44.1 Å². The van der Waals surface area contributed by atoms with Crippen molar-refractivity contribution in [1.29, 1.82) is 0 Å². The molecule has 0 saturated carbocycles. The molecule has 7 rings (SSSR count). The molecule has 3 fully saturated rings. The summed E-state index contributed by atoms with van der Waals surface area (Å²) >= 11 is 14.1. The largest absolute Gasteiger partial charge is 0.870 e. The Morgan fingerprint density at radius 1 is 1.02 bits per heavy atom. The van der Waals surface area contributed by atoms with Crippen molar-refractivity contribution in [2.24, 2.45) is 5.92 Å². The number of phenols is 1. The van der Waals surface area contributed by atoms with Crippen LogP contribution >= 0.6 is 34.5 Å². The Morgan fingerprint density at radius 2 is 1.73 bits per heavy atom. The Kier molecular flexibility index (Phi) is 11.9. The van der Waals surface area contributed by atoms with Gasteiger partial charge < -0.3 is 29.5 Å². The average Bonchev–Trinajstić information content (AvgIpc) is 3.58. The lowest BCUT2D eigenvalue weighted by molar-refractivity contribution is -0.377. The highest BCUT2D eigenvalue weighted by Crippen LogP contribution is 2.37. The number of aromatic hydroxyl groups is 1. The molecule has 11 nitrogen and oxygen atoms in total. The fourth-order valence-electron chi connectivity index (χ4n) is 6.23. The molecule has 0 unspecified atom stereocenters. The maximum Gasteiger partial charge on any atom is 0.415 e. The van der Waals surface area contributed by atoms with Gasteiger partial charge in [-0.3, -0.25) is 9.80 Å². The van der Waals surface area contributed by atoms with Crippen molar-refractivity contribution in [3.8, 4) is 17.2 Å². The van der Waals surface area contributed by atoms with Crippen molar-refractivity contribution in [2.45, 2.75) is 38.0 Å². The second-order valence-corrected chi connectivity index (χ2v) is 13.7. The smallest absolute Gasteiger partial charge is 0.415 e. The van der Waals surface area contributed by atoms with Crippen molar-refractivity contribution >= 4 is 52.3 Å². The van der Waals surface area contributed by atoms with E-state index in [1.54, 1.807) is 68.0 Å². The van der Waals surface area contributed by atoms with Crippen LogP contribution in [0.2, 0.25) is 10.0 Å². The van der Waals surface area contributed by atoms with E-state index in [0.29, 0.717) is 60.6 Å². The third-order valence-electron chi connectivity index (χ3n) is 8.83. The maximum absolute atomic E-state index is 13.7. The van der Waals surface area contributed by atoms with Gasteiger partial charge in [-0.15, -0.1) is 11.3 Å². The minimum absolute atomic E-state index is 0. The predicted molar refractivity (Wildman–Crippen MR) is 184 cm³/mol. The molecule has 14 heteroatoms. The Hall–Kier alpha value is -4.07. The van der Waals surface area contributed by atoms with Gasteiger partial charge in [0.05, 0.1) is 26.5 Å². The van der Waals surface area contributed by atoms with Crippen LogP contribution in [0.5, 0.6) is 17.2 Å². The number of pyridine rings is 1. The van der Waals surface area contributed by atoms with Crippen LogP contribution in [-0.4, -0.2) is 67.5 Å². The maximum atomic E-state index is 13.7. The number of carbonyl (C=O) groups is 2. The van der Waals surface area contributed by atoms with E-state index in [0.717, 1.165) is 25.9 Å². The molecular weight excluding hydrogens is 693 g/mol. The zero-order valence-electron chi connectivity index (χ0n) is 26.9. The van der Waals surface area contributed by atoms with Crippen LogP contribution in [0.15, 0.2) is 67.0 Å². The molecule has 2 bridgehead atoms. The highest BCUT2D eigenvalue weighted by atomic mass is 35.5. The number of aromatic amines is 1. The normalized spacial score (nSPS) is 18.6. The molecule has 2 aromatic carbocycles. The van der Waals surface area contributed by atoms with Gasteiger partial charge in [-0.05, 0) is 73.8 Å². The third-order valence-corrected chi connectivity index (χ3v) is 10.6. The van der Waals surface area contributed by atoms with E-state index < -0.39 is 18.2 Å². The fraction of sp³-hybridized carbons (Fsp3) is 0.343. The number of hydrogen-bond acceptors (Lipinski definition) is 10. The van der Waals surface area contributed by atoms with Gasteiger partial charge in [-0.25, -0.2) is 14.6 Å². The summed E-state index contributed by atoms with van der Waals surface area (Å²) in [5.74, 6) is 0.714. The van der Waals surface area contributed by atoms with Crippen LogP contribution in [0.1, 0.15) is 44.6 Å². The van der Waals surface area contributed by atoms with Crippen molar-refractivity contribution in [3.63, 3.8) is 0 Å². The summed E-state index contributed by atoms with van der Waals surface area (Å²) in [5.41, 5.74) is 1.58. The predicted octanol–water partition coefficient (Wildman–Crippen LogP) is 6.79. The molecule has 4 aromatic rings. The summed E-state index contributed by atoms with van der Waals surface area (Å²) in [6, 6.07) is 15.3. The number of ether oxygens (including phenoxy) is 4. The molecule has 3 saturated heterocycles. The monoisotopic (exact) mass is 729 g/mol. The summed E-state index contributed by atoms with van der Waals surface area (Å²) in [7, 11) is 3.07. The van der Waals surface area contributed by atoms with E-state index in [1.165, 1.54) is 29.4 Å². The number of thiophene rings is 1. The topological polar surface area (TPSA) is 142 Å². The van der Waals surface area contributed by atoms with Crippen LogP contribution in [-0.2, 0) is 22.4 Å². The summed E-state index contributed by atoms with van der Waals surface area (Å²) in [5, 5.41) is 11.5. The minimum Gasteiger partial charge on any atom is -0.870 e. The molecule has 3 aliphatic rings. The molecule has 49 heavy (non-hydrogen) atoms. The minimum atomic E-state index is -0.783. The number of amides is 1. The lowest BCUT2D eigenvalue weighted by atomic mass is 9.86. The van der Waals surface area contributed by atoms with Gasteiger partial charge in [0, 0.05) is 23.4 Å². The van der Waals surface area contributed by atoms with Crippen LogP contribution in [0.25, 0.3) is 0 Å². The standard InChI is InChI=1S/C35H35Cl2N3O7S.H2O/c1-44-29-9-7-22(15-31(29)45-2)30(16-24-25(36)17-38-18-26(24)37)46-34(42)33-10-8-23(48-33)19-40(27-5-3-4-6-28(27)41)35(43)47-32-20-39-13-11-21(32)12-14-39;/h3-10,15,17-18,21,30,32,41H,11-14,16,19-20H2,1-2H3;1H2/t30-,32-;/m0./s1. The van der Waals surface area contributed by atoms with E-state index in [9.17, 15) is 14.7 Å². The van der Waals surface area contributed by atoms with Crippen molar-refractivity contribution in [3.05, 3.63) is 97.9 Å². The number of phenolic OH excluding ortho intramolecular Hbond substituents is 1. The number of H-pyrrole nitrogens is 1. The second kappa shape index (κ2) is 16.1. The van der Waals surface area contributed by atoms with Crippen LogP contribution < -0.4 is 19.4 Å². The van der Waals surface area contributed by atoms with E-state index in [1.807, 2.05) is 0 Å². The molecule has 3 N–H and O–H groups in total. The number of esters is 1. The number of benzene rings is 2. The summed E-state index contributed by atoms with van der Waals surface area (Å²) in [4.78, 5) is 35.0. The van der Waals surface area contributed by atoms with E-state index in [4.69, 9.17) is 42.1 Å². The van der Waals surface area contributed by atoms with Gasteiger partial charge >= 0.3 is 12.1 Å². The molecule has 5 heterocycles. The van der Waals surface area contributed by atoms with E-state index >= 15 is 0 Å². The molecule has 1 amide bonds. The van der Waals surface area contributed by atoms with Gasteiger partial charge in [0.15, 0.2) is 23.9 Å². The Morgan fingerprint density at radius 3 is 2.39 bits per heavy atom. The number of carbonyl (C=O) groups excluding carboxylic acids is 2. The first kappa shape index (κ1) is 36.2. The number of methoxy groups -OCH3 is 2. The SMILES string of the molecule is COc1ccc([C@H](Cc2c(Cl)c[nH+]cc2Cl)OC(=O)c2ccc(CN(C(=O)O[C@H]3CN4CCC3CC4)c3ccccc3O)s2)cc1OC.[OH-]. The summed E-state index contributed by atoms with van der Waals surface area (Å²) < 4.78 is 23.0. The molecule has 260 valence electrons. The van der Waals surface area contributed by atoms with E-state index in [-0.39, 0.29) is 30.3 Å². The van der Waals surface area contributed by atoms with Crippen LogP contribution in [0, 0.1) is 5.92 Å². The first-order valence-electron chi connectivity index (χ1n) is 15.6. The molecule has 2 aromatic heterocycles. The average molecular weight is 731 g/mol.